The van der Waals surface area contributed by atoms with Crippen molar-refractivity contribution >= 4 is 5.69 Å². The van der Waals surface area contributed by atoms with Crippen molar-refractivity contribution in [1.29, 1.82) is 0 Å². The fraction of sp³-hybridized carbons (Fsp3) is 0.308. The van der Waals surface area contributed by atoms with Gasteiger partial charge in [-0.3, -0.25) is 10.1 Å². The van der Waals surface area contributed by atoms with Crippen molar-refractivity contribution in [2.75, 3.05) is 6.54 Å². The van der Waals surface area contributed by atoms with Crippen molar-refractivity contribution in [1.82, 2.24) is 15.1 Å². The molecule has 0 unspecified atom stereocenters. The van der Waals surface area contributed by atoms with Gasteiger partial charge in [0.25, 0.3) is 5.69 Å². The lowest BCUT2D eigenvalue weighted by Gasteiger charge is -2.06. The van der Waals surface area contributed by atoms with Gasteiger partial charge in [-0.2, -0.15) is 5.10 Å². The number of aromatic nitrogens is 2. The Morgan fingerprint density at radius 1 is 1.42 bits per heavy atom. The van der Waals surface area contributed by atoms with Crippen LogP contribution >= 0.6 is 0 Å². The predicted molar refractivity (Wildman–Crippen MR) is 72.3 cm³/mol. The van der Waals surface area contributed by atoms with Gasteiger partial charge in [0.1, 0.15) is 5.69 Å². The Hall–Kier alpha value is -2.21. The van der Waals surface area contributed by atoms with Crippen LogP contribution in [-0.2, 0) is 6.54 Å². The third-order valence-electron chi connectivity index (χ3n) is 2.84. The zero-order valence-electron chi connectivity index (χ0n) is 11.0. The predicted octanol–water partition coefficient (Wildman–Crippen LogP) is 2.20. The van der Waals surface area contributed by atoms with Crippen molar-refractivity contribution in [2.24, 2.45) is 0 Å². The minimum Gasteiger partial charge on any atom is -0.311 e. The van der Waals surface area contributed by atoms with Crippen molar-refractivity contribution in [2.45, 2.75) is 20.4 Å². The maximum atomic E-state index is 11.1. The first kappa shape index (κ1) is 13.2. The zero-order chi connectivity index (χ0) is 13.8. The van der Waals surface area contributed by atoms with E-state index in [4.69, 9.17) is 0 Å². The molecule has 0 atom stereocenters. The fourth-order valence-electron chi connectivity index (χ4n) is 1.92. The van der Waals surface area contributed by atoms with E-state index in [-0.39, 0.29) is 10.6 Å². The van der Waals surface area contributed by atoms with Gasteiger partial charge in [-0.25, -0.2) is 4.68 Å². The molecule has 1 N–H and O–H groups in total. The van der Waals surface area contributed by atoms with Crippen LogP contribution in [0.25, 0.3) is 5.69 Å². The number of nitro groups is 1. The third kappa shape index (κ3) is 2.79. The molecule has 0 aliphatic carbocycles. The fourth-order valence-corrected chi connectivity index (χ4v) is 1.92. The lowest BCUT2D eigenvalue weighted by atomic mass is 10.1. The minimum atomic E-state index is -0.381. The number of nitro benzene ring substituents is 1. The highest BCUT2D eigenvalue weighted by Gasteiger charge is 2.17. The molecule has 0 saturated carbocycles. The van der Waals surface area contributed by atoms with Gasteiger partial charge in [0.05, 0.1) is 10.6 Å². The van der Waals surface area contributed by atoms with Crippen LogP contribution in [0.5, 0.6) is 0 Å². The molecule has 0 fully saturated rings. The van der Waals surface area contributed by atoms with E-state index in [1.807, 2.05) is 26.0 Å². The molecule has 1 heterocycles. The van der Waals surface area contributed by atoms with Gasteiger partial charge in [0, 0.05) is 18.8 Å². The molecule has 2 rings (SSSR count). The van der Waals surface area contributed by atoms with Crippen molar-refractivity contribution in [3.63, 3.8) is 0 Å². The second kappa shape index (κ2) is 5.62. The topological polar surface area (TPSA) is 73.0 Å². The number of hydrogen-bond acceptors (Lipinski definition) is 4. The molecule has 0 amide bonds. The van der Waals surface area contributed by atoms with Gasteiger partial charge in [-0.05, 0) is 25.1 Å². The smallest absolute Gasteiger partial charge is 0.295 e. The summed E-state index contributed by atoms with van der Waals surface area (Å²) in [5, 5.41) is 18.6. The molecule has 0 aliphatic rings. The first-order valence-corrected chi connectivity index (χ1v) is 6.13. The number of aryl methyl sites for hydroxylation is 1. The molecule has 0 spiro atoms. The average molecular weight is 260 g/mol. The maximum absolute atomic E-state index is 11.1. The van der Waals surface area contributed by atoms with Crippen molar-refractivity contribution < 1.29 is 4.92 Å². The molecule has 6 heteroatoms. The number of benzene rings is 1. The van der Waals surface area contributed by atoms with E-state index in [1.54, 1.807) is 16.9 Å². The molecular weight excluding hydrogens is 244 g/mol. The molecule has 19 heavy (non-hydrogen) atoms. The summed E-state index contributed by atoms with van der Waals surface area (Å²) in [7, 11) is 0. The molecule has 1 aromatic carbocycles. The quantitative estimate of drug-likeness (QED) is 0.660. The summed E-state index contributed by atoms with van der Waals surface area (Å²) >= 11 is 0. The largest absolute Gasteiger partial charge is 0.311 e. The van der Waals surface area contributed by atoms with Crippen molar-refractivity contribution in [3.05, 3.63) is 51.8 Å². The molecule has 100 valence electrons. The Labute approximate surface area is 111 Å². The number of para-hydroxylation sites is 1. The monoisotopic (exact) mass is 260 g/mol. The highest BCUT2D eigenvalue weighted by Crippen LogP contribution is 2.25. The SMILES string of the molecule is CCNCc1ccn(-c2c(C)cccc2[N+](=O)[O-])n1. The van der Waals surface area contributed by atoms with Crippen LogP contribution < -0.4 is 5.32 Å². The van der Waals surface area contributed by atoms with Crippen LogP contribution in [0.1, 0.15) is 18.2 Å². The third-order valence-corrected chi connectivity index (χ3v) is 2.84. The van der Waals surface area contributed by atoms with E-state index in [0.29, 0.717) is 12.2 Å². The molecular formula is C13H16N4O2. The van der Waals surface area contributed by atoms with E-state index in [0.717, 1.165) is 17.8 Å². The highest BCUT2D eigenvalue weighted by molar-refractivity contribution is 5.56. The van der Waals surface area contributed by atoms with Crippen LogP contribution in [-0.4, -0.2) is 21.2 Å². The maximum Gasteiger partial charge on any atom is 0.295 e. The Morgan fingerprint density at radius 3 is 2.89 bits per heavy atom. The van der Waals surface area contributed by atoms with Gasteiger partial charge >= 0.3 is 0 Å². The zero-order valence-corrected chi connectivity index (χ0v) is 11.0. The van der Waals surface area contributed by atoms with E-state index in [2.05, 4.69) is 10.4 Å². The number of nitrogens with zero attached hydrogens (tertiary/aromatic N) is 3. The van der Waals surface area contributed by atoms with Crippen LogP contribution in [0, 0.1) is 17.0 Å². The summed E-state index contributed by atoms with van der Waals surface area (Å²) in [5.41, 5.74) is 2.28. The summed E-state index contributed by atoms with van der Waals surface area (Å²) in [5.74, 6) is 0. The van der Waals surface area contributed by atoms with Crippen LogP contribution in [0.4, 0.5) is 5.69 Å². The van der Waals surface area contributed by atoms with Gasteiger partial charge in [0.15, 0.2) is 0 Å². The summed E-state index contributed by atoms with van der Waals surface area (Å²) in [6.45, 7) is 5.37. The molecule has 0 bridgehead atoms. The minimum absolute atomic E-state index is 0.0677. The van der Waals surface area contributed by atoms with Crippen LogP contribution in [0.2, 0.25) is 0 Å². The molecule has 0 saturated heterocycles. The Balaban J connectivity index is 2.41. The van der Waals surface area contributed by atoms with E-state index in [1.165, 1.54) is 6.07 Å². The lowest BCUT2D eigenvalue weighted by molar-refractivity contribution is -0.384. The van der Waals surface area contributed by atoms with Crippen LogP contribution in [0.15, 0.2) is 30.5 Å². The summed E-state index contributed by atoms with van der Waals surface area (Å²) in [6.07, 6.45) is 1.75. The van der Waals surface area contributed by atoms with Gasteiger partial charge in [0.2, 0.25) is 0 Å². The van der Waals surface area contributed by atoms with E-state index >= 15 is 0 Å². The Bertz CT molecular complexity index is 592. The van der Waals surface area contributed by atoms with Gasteiger partial charge in [-0.1, -0.05) is 19.1 Å². The standard InChI is InChI=1S/C13H16N4O2/c1-3-14-9-11-7-8-16(15-11)13-10(2)5-4-6-12(13)17(18)19/h4-8,14H,3,9H2,1-2H3. The summed E-state index contributed by atoms with van der Waals surface area (Å²) < 4.78 is 1.57. The van der Waals surface area contributed by atoms with E-state index < -0.39 is 0 Å². The number of nitrogens with one attached hydrogen (secondary N) is 1. The first-order valence-electron chi connectivity index (χ1n) is 6.13. The van der Waals surface area contributed by atoms with Gasteiger partial charge in [-0.15, -0.1) is 0 Å². The van der Waals surface area contributed by atoms with Gasteiger partial charge < -0.3 is 5.32 Å². The average Bonchev–Trinajstić information content (AvgIpc) is 2.84. The molecule has 0 aliphatic heterocycles. The van der Waals surface area contributed by atoms with Crippen LogP contribution in [0.3, 0.4) is 0 Å². The molecule has 2 aromatic rings. The normalized spacial score (nSPS) is 10.6. The lowest BCUT2D eigenvalue weighted by Crippen LogP contribution is -2.12. The first-order chi connectivity index (χ1) is 9.13. The second-order valence-electron chi connectivity index (χ2n) is 4.23. The number of rotatable bonds is 5. The summed E-state index contributed by atoms with van der Waals surface area (Å²) in [6, 6.07) is 6.88. The van der Waals surface area contributed by atoms with Crippen molar-refractivity contribution in [3.8, 4) is 5.69 Å². The Kier molecular flexibility index (Phi) is 3.91. The molecule has 0 radical (unpaired) electrons. The second-order valence-corrected chi connectivity index (χ2v) is 4.23. The molecule has 6 nitrogen and oxygen atoms in total. The molecule has 1 aromatic heterocycles. The summed E-state index contributed by atoms with van der Waals surface area (Å²) in [4.78, 5) is 10.7. The number of hydrogen-bond donors (Lipinski definition) is 1. The highest BCUT2D eigenvalue weighted by atomic mass is 16.6. The Morgan fingerprint density at radius 2 is 2.21 bits per heavy atom. The van der Waals surface area contributed by atoms with E-state index in [9.17, 15) is 10.1 Å².